The van der Waals surface area contributed by atoms with E-state index in [9.17, 15) is 5.11 Å². The van der Waals surface area contributed by atoms with E-state index in [0.29, 0.717) is 21.3 Å². The number of hydrogen-bond acceptors (Lipinski definition) is 4. The van der Waals surface area contributed by atoms with Crippen LogP contribution in [0, 0.1) is 4.77 Å². The molecule has 0 unspecified atom stereocenters. The number of aliphatic imine (C=N–C) groups is 1. The minimum Gasteiger partial charge on any atom is -0.493 e. The largest absolute Gasteiger partial charge is 0.493 e. The Balaban J connectivity index is 2.11. The molecule has 1 aliphatic rings. The van der Waals surface area contributed by atoms with Gasteiger partial charge in [0.2, 0.25) is 5.88 Å². The van der Waals surface area contributed by atoms with E-state index in [0.717, 1.165) is 11.1 Å². The highest BCUT2D eigenvalue weighted by molar-refractivity contribution is 7.71. The van der Waals surface area contributed by atoms with Gasteiger partial charge in [0.1, 0.15) is 5.69 Å². The van der Waals surface area contributed by atoms with Gasteiger partial charge in [-0.25, -0.2) is 9.98 Å². The molecule has 0 aliphatic carbocycles. The van der Waals surface area contributed by atoms with Crippen LogP contribution in [0.1, 0.15) is 11.3 Å². The predicted molar refractivity (Wildman–Crippen MR) is 72.9 cm³/mol. The lowest BCUT2D eigenvalue weighted by molar-refractivity contribution is 0.455. The first-order valence-corrected chi connectivity index (χ1v) is 5.85. The lowest BCUT2D eigenvalue weighted by Crippen LogP contribution is -1.83. The van der Waals surface area contributed by atoms with Crippen molar-refractivity contribution < 1.29 is 5.11 Å². The first-order valence-electron chi connectivity index (χ1n) is 5.06. The van der Waals surface area contributed by atoms with Crippen molar-refractivity contribution in [3.8, 4) is 5.88 Å². The molecule has 3 N–H and O–H groups in total. The van der Waals surface area contributed by atoms with Crippen molar-refractivity contribution in [3.05, 3.63) is 33.3 Å². The van der Waals surface area contributed by atoms with Crippen LogP contribution in [0.25, 0.3) is 11.6 Å². The Morgan fingerprint density at radius 1 is 1.39 bits per heavy atom. The molecule has 90 valence electrons. The third-order valence-corrected chi connectivity index (χ3v) is 2.92. The van der Waals surface area contributed by atoms with E-state index in [-0.39, 0.29) is 5.88 Å². The Morgan fingerprint density at radius 2 is 2.22 bits per heavy atom. The second-order valence-electron chi connectivity index (χ2n) is 3.72. The molecule has 2 aromatic heterocycles. The van der Waals surface area contributed by atoms with Gasteiger partial charge in [-0.3, -0.25) is 0 Å². The second-order valence-corrected chi connectivity index (χ2v) is 4.57. The average Bonchev–Trinajstić information content (AvgIpc) is 2.84. The van der Waals surface area contributed by atoms with Gasteiger partial charge in [0.15, 0.2) is 10.6 Å². The summed E-state index contributed by atoms with van der Waals surface area (Å²) in [6, 6.07) is 1.78. The maximum Gasteiger partial charge on any atom is 0.215 e. The minimum atomic E-state index is -0.00987. The highest BCUT2D eigenvalue weighted by atomic mass is 35.5. The lowest BCUT2D eigenvalue weighted by Gasteiger charge is -1.99. The number of allylic oxidation sites excluding steroid dienone is 1. The Kier molecular flexibility index (Phi) is 2.53. The molecule has 0 atom stereocenters. The van der Waals surface area contributed by atoms with Crippen LogP contribution in [0.4, 0.5) is 5.82 Å². The zero-order valence-electron chi connectivity index (χ0n) is 8.94. The fourth-order valence-corrected chi connectivity index (χ4v) is 2.07. The summed E-state index contributed by atoms with van der Waals surface area (Å²) in [5.74, 6) is 0.601. The van der Waals surface area contributed by atoms with Gasteiger partial charge in [0.05, 0.1) is 5.02 Å². The van der Waals surface area contributed by atoms with Gasteiger partial charge in [-0.15, -0.1) is 0 Å². The summed E-state index contributed by atoms with van der Waals surface area (Å²) in [5.41, 5.74) is 2.12. The smallest absolute Gasteiger partial charge is 0.215 e. The zero-order valence-corrected chi connectivity index (χ0v) is 10.5. The number of pyridine rings is 1. The molecule has 7 heteroatoms. The number of aromatic amines is 2. The molecule has 0 aromatic carbocycles. The fourth-order valence-electron chi connectivity index (χ4n) is 1.71. The van der Waals surface area contributed by atoms with E-state index in [1.807, 2.05) is 0 Å². The molecule has 1 aliphatic heterocycles. The van der Waals surface area contributed by atoms with Crippen molar-refractivity contribution in [1.29, 1.82) is 0 Å². The molecule has 0 saturated carbocycles. The van der Waals surface area contributed by atoms with E-state index in [1.54, 1.807) is 24.6 Å². The minimum absolute atomic E-state index is 0.00987. The lowest BCUT2D eigenvalue weighted by atomic mass is 10.1. The fraction of sp³-hybridized carbons (Fsp3) is 0. The molecule has 0 fully saturated rings. The molecule has 18 heavy (non-hydrogen) atoms. The third-order valence-electron chi connectivity index (χ3n) is 2.51. The molecule has 0 spiro atoms. The van der Waals surface area contributed by atoms with Gasteiger partial charge >= 0.3 is 0 Å². The first-order chi connectivity index (χ1) is 8.63. The van der Waals surface area contributed by atoms with Gasteiger partial charge in [0.25, 0.3) is 0 Å². The van der Waals surface area contributed by atoms with Gasteiger partial charge in [-0.05, 0) is 24.4 Å². The SMILES string of the molecule is Oc1[nH]c(=S)[nH]c1C=C1C=Nc2ncc(Cl)cc21. The Bertz CT molecular complexity index is 744. The number of nitrogens with zero attached hydrogens (tertiary/aromatic N) is 2. The normalized spacial score (nSPS) is 15.3. The van der Waals surface area contributed by atoms with Crippen molar-refractivity contribution in [2.75, 3.05) is 0 Å². The highest BCUT2D eigenvalue weighted by Crippen LogP contribution is 2.33. The van der Waals surface area contributed by atoms with Crippen molar-refractivity contribution in [2.24, 2.45) is 4.99 Å². The van der Waals surface area contributed by atoms with Crippen molar-refractivity contribution >= 4 is 47.5 Å². The Labute approximate surface area is 112 Å². The van der Waals surface area contributed by atoms with Crippen LogP contribution >= 0.6 is 23.8 Å². The molecule has 3 heterocycles. The molecule has 2 aromatic rings. The summed E-state index contributed by atoms with van der Waals surface area (Å²) in [6.07, 6.45) is 4.94. The maximum atomic E-state index is 9.61. The molecular formula is C11H7ClN4OS. The van der Waals surface area contributed by atoms with Gasteiger partial charge in [-0.2, -0.15) is 0 Å². The summed E-state index contributed by atoms with van der Waals surface area (Å²) >= 11 is 10.8. The molecular weight excluding hydrogens is 272 g/mol. The number of halogens is 1. The van der Waals surface area contributed by atoms with Crippen LogP contribution in [0.2, 0.25) is 5.02 Å². The van der Waals surface area contributed by atoms with Crippen molar-refractivity contribution in [3.63, 3.8) is 0 Å². The van der Waals surface area contributed by atoms with Crippen LogP contribution in [-0.2, 0) is 0 Å². The Morgan fingerprint density at radius 3 is 2.94 bits per heavy atom. The topological polar surface area (TPSA) is 77.1 Å². The first kappa shape index (κ1) is 11.2. The van der Waals surface area contributed by atoms with Crippen LogP contribution in [0.5, 0.6) is 5.88 Å². The molecule has 0 bridgehead atoms. The molecule has 0 amide bonds. The maximum absolute atomic E-state index is 9.61. The molecule has 3 rings (SSSR count). The van der Waals surface area contributed by atoms with Crippen molar-refractivity contribution in [2.45, 2.75) is 0 Å². The number of fused-ring (bicyclic) bond motifs is 1. The second kappa shape index (κ2) is 4.08. The van der Waals surface area contributed by atoms with Crippen LogP contribution in [0.15, 0.2) is 17.3 Å². The zero-order chi connectivity index (χ0) is 12.7. The quantitative estimate of drug-likeness (QED) is 0.702. The van der Waals surface area contributed by atoms with E-state index < -0.39 is 0 Å². The average molecular weight is 279 g/mol. The summed E-state index contributed by atoms with van der Waals surface area (Å²) in [4.78, 5) is 13.7. The highest BCUT2D eigenvalue weighted by Gasteiger charge is 2.15. The summed E-state index contributed by atoms with van der Waals surface area (Å²) in [5, 5.41) is 10.1. The standard InChI is InChI=1S/C11H7ClN4OS/c12-6-2-7-5(3-13-9(7)14-4-6)1-8-10(17)16-11(18)15-8/h1-4,17H,(H2,15,16,18). The summed E-state index contributed by atoms with van der Waals surface area (Å²) in [6.45, 7) is 0. The summed E-state index contributed by atoms with van der Waals surface area (Å²) in [7, 11) is 0. The van der Waals surface area contributed by atoms with Crippen LogP contribution < -0.4 is 0 Å². The van der Waals surface area contributed by atoms with E-state index in [4.69, 9.17) is 23.8 Å². The molecule has 0 radical (unpaired) electrons. The predicted octanol–water partition coefficient (Wildman–Crippen LogP) is 3.08. The molecule has 5 nitrogen and oxygen atoms in total. The number of rotatable bonds is 1. The van der Waals surface area contributed by atoms with Crippen LogP contribution in [-0.4, -0.2) is 26.3 Å². The number of H-pyrrole nitrogens is 2. The van der Waals surface area contributed by atoms with Crippen LogP contribution in [0.3, 0.4) is 0 Å². The molecule has 0 saturated heterocycles. The van der Waals surface area contributed by atoms with E-state index >= 15 is 0 Å². The third kappa shape index (κ3) is 1.85. The van der Waals surface area contributed by atoms with E-state index in [1.165, 1.54) is 0 Å². The van der Waals surface area contributed by atoms with Gasteiger partial charge in [0, 0.05) is 23.5 Å². The number of imidazole rings is 1. The number of aromatic nitrogens is 3. The number of hydrogen-bond donors (Lipinski definition) is 3. The van der Waals surface area contributed by atoms with E-state index in [2.05, 4.69) is 19.9 Å². The van der Waals surface area contributed by atoms with Crippen molar-refractivity contribution in [1.82, 2.24) is 15.0 Å². The Hall–Kier alpha value is -1.92. The van der Waals surface area contributed by atoms with Gasteiger partial charge < -0.3 is 15.1 Å². The summed E-state index contributed by atoms with van der Waals surface area (Å²) < 4.78 is 0.360. The monoisotopic (exact) mass is 278 g/mol. The number of aromatic hydroxyl groups is 1. The van der Waals surface area contributed by atoms with Gasteiger partial charge in [-0.1, -0.05) is 11.6 Å². The number of nitrogens with one attached hydrogen (secondary N) is 2.